The maximum absolute atomic E-state index is 10.5. The molecule has 0 radical (unpaired) electrons. The molecule has 1 N–H and O–H groups in total. The number of aromatic nitrogens is 2. The highest BCUT2D eigenvalue weighted by Gasteiger charge is 2.29. The Hall–Kier alpha value is -1.26. The molecule has 0 fully saturated rings. The van der Waals surface area contributed by atoms with E-state index in [1.165, 1.54) is 5.56 Å². The Morgan fingerprint density at radius 2 is 2.39 bits per heavy atom. The number of aliphatic hydroxyl groups excluding tert-OH is 1. The molecule has 4 heteroatoms. The van der Waals surface area contributed by atoms with Crippen molar-refractivity contribution in [3.8, 4) is 0 Å². The smallest absolute Gasteiger partial charge is 0.105 e. The summed E-state index contributed by atoms with van der Waals surface area (Å²) in [6.07, 6.45) is 4.47. The number of rotatable bonds is 2. The molecule has 2 atom stereocenters. The van der Waals surface area contributed by atoms with E-state index in [1.54, 1.807) is 11.3 Å². The van der Waals surface area contributed by atoms with Gasteiger partial charge in [0, 0.05) is 23.2 Å². The quantitative estimate of drug-likeness (QED) is 0.903. The van der Waals surface area contributed by atoms with E-state index in [4.69, 9.17) is 0 Å². The van der Waals surface area contributed by atoms with Gasteiger partial charge in [0.15, 0.2) is 0 Å². The lowest BCUT2D eigenvalue weighted by Gasteiger charge is -2.27. The maximum Gasteiger partial charge on any atom is 0.105 e. The molecule has 2 heterocycles. The van der Waals surface area contributed by atoms with Gasteiger partial charge in [0.2, 0.25) is 0 Å². The molecule has 2 aromatic heterocycles. The SMILES string of the molecule is Cc1nc(C(O)C2CCCc3cccnc32)cs1. The first kappa shape index (κ1) is 11.8. The van der Waals surface area contributed by atoms with Gasteiger partial charge in [-0.05, 0) is 37.8 Å². The fraction of sp³-hybridized carbons (Fsp3) is 0.429. The monoisotopic (exact) mass is 260 g/mol. The minimum atomic E-state index is -0.524. The first-order valence-corrected chi connectivity index (χ1v) is 7.17. The van der Waals surface area contributed by atoms with Gasteiger partial charge in [0.25, 0.3) is 0 Å². The molecule has 0 spiro atoms. The molecule has 3 nitrogen and oxygen atoms in total. The van der Waals surface area contributed by atoms with E-state index in [9.17, 15) is 5.11 Å². The number of thiazole rings is 1. The second-order valence-electron chi connectivity index (χ2n) is 4.78. The van der Waals surface area contributed by atoms with Crippen molar-refractivity contribution >= 4 is 11.3 Å². The van der Waals surface area contributed by atoms with Crippen molar-refractivity contribution in [1.82, 2.24) is 9.97 Å². The molecular formula is C14H16N2OS. The standard InChI is InChI=1S/C14H16N2OS/c1-9-16-12(8-18-9)14(17)11-6-2-4-10-5-3-7-15-13(10)11/h3,5,7-8,11,14,17H,2,4,6H2,1H3. The van der Waals surface area contributed by atoms with Crippen molar-refractivity contribution < 1.29 is 5.11 Å². The highest BCUT2D eigenvalue weighted by atomic mass is 32.1. The van der Waals surface area contributed by atoms with Crippen LogP contribution >= 0.6 is 11.3 Å². The van der Waals surface area contributed by atoms with Crippen LogP contribution < -0.4 is 0 Å². The van der Waals surface area contributed by atoms with Gasteiger partial charge in [0.1, 0.15) is 6.10 Å². The number of fused-ring (bicyclic) bond motifs is 1. The average Bonchev–Trinajstić information content (AvgIpc) is 2.84. The van der Waals surface area contributed by atoms with Crippen LogP contribution in [0.25, 0.3) is 0 Å². The Morgan fingerprint density at radius 3 is 3.17 bits per heavy atom. The zero-order valence-corrected chi connectivity index (χ0v) is 11.2. The fourth-order valence-corrected chi connectivity index (χ4v) is 3.32. The summed E-state index contributed by atoms with van der Waals surface area (Å²) >= 11 is 1.59. The van der Waals surface area contributed by atoms with Crippen LogP contribution in [-0.4, -0.2) is 15.1 Å². The Labute approximate surface area is 111 Å². The topological polar surface area (TPSA) is 46.0 Å². The molecule has 0 saturated carbocycles. The predicted molar refractivity (Wildman–Crippen MR) is 71.7 cm³/mol. The minimum absolute atomic E-state index is 0.0939. The van der Waals surface area contributed by atoms with Gasteiger partial charge in [0.05, 0.1) is 10.7 Å². The van der Waals surface area contributed by atoms with Crippen LogP contribution in [0.2, 0.25) is 0 Å². The third-order valence-electron chi connectivity index (χ3n) is 3.56. The van der Waals surface area contributed by atoms with Gasteiger partial charge in [-0.2, -0.15) is 0 Å². The summed E-state index contributed by atoms with van der Waals surface area (Å²) in [6, 6.07) is 4.09. The van der Waals surface area contributed by atoms with Crippen molar-refractivity contribution in [2.75, 3.05) is 0 Å². The second kappa shape index (κ2) is 4.78. The third kappa shape index (κ3) is 2.06. The van der Waals surface area contributed by atoms with Gasteiger partial charge < -0.3 is 5.11 Å². The maximum atomic E-state index is 10.5. The van der Waals surface area contributed by atoms with Gasteiger partial charge >= 0.3 is 0 Å². The van der Waals surface area contributed by atoms with Crippen LogP contribution in [0.3, 0.4) is 0 Å². The molecule has 0 saturated heterocycles. The molecule has 2 unspecified atom stereocenters. The first-order chi connectivity index (χ1) is 8.75. The van der Waals surface area contributed by atoms with Crippen molar-refractivity contribution in [1.29, 1.82) is 0 Å². The summed E-state index contributed by atoms with van der Waals surface area (Å²) in [5.74, 6) is 0.0939. The molecule has 1 aliphatic carbocycles. The summed E-state index contributed by atoms with van der Waals surface area (Å²) in [5, 5.41) is 13.5. The zero-order valence-electron chi connectivity index (χ0n) is 10.3. The normalized spacial score (nSPS) is 20.4. The molecule has 0 bridgehead atoms. The van der Waals surface area contributed by atoms with Crippen LogP contribution in [0.1, 0.15) is 46.8 Å². The third-order valence-corrected chi connectivity index (χ3v) is 4.35. The number of hydrogen-bond donors (Lipinski definition) is 1. The lowest BCUT2D eigenvalue weighted by molar-refractivity contribution is 0.130. The first-order valence-electron chi connectivity index (χ1n) is 6.29. The van der Waals surface area contributed by atoms with E-state index >= 15 is 0 Å². The fourth-order valence-electron chi connectivity index (χ4n) is 2.67. The van der Waals surface area contributed by atoms with E-state index in [2.05, 4.69) is 16.0 Å². The molecule has 0 amide bonds. The van der Waals surface area contributed by atoms with E-state index in [1.807, 2.05) is 24.6 Å². The molecule has 2 aromatic rings. The van der Waals surface area contributed by atoms with Gasteiger partial charge in [-0.25, -0.2) is 4.98 Å². The van der Waals surface area contributed by atoms with Crippen LogP contribution in [0.4, 0.5) is 0 Å². The Balaban J connectivity index is 1.94. The number of hydrogen-bond acceptors (Lipinski definition) is 4. The number of nitrogens with zero attached hydrogens (tertiary/aromatic N) is 2. The van der Waals surface area contributed by atoms with Gasteiger partial charge in [-0.1, -0.05) is 6.07 Å². The van der Waals surface area contributed by atoms with E-state index in [0.717, 1.165) is 35.7 Å². The largest absolute Gasteiger partial charge is 0.386 e. The van der Waals surface area contributed by atoms with Crippen LogP contribution in [-0.2, 0) is 6.42 Å². The van der Waals surface area contributed by atoms with E-state index < -0.39 is 6.10 Å². The zero-order chi connectivity index (χ0) is 12.5. The summed E-state index contributed by atoms with van der Waals surface area (Å²) < 4.78 is 0. The summed E-state index contributed by atoms with van der Waals surface area (Å²) in [7, 11) is 0. The number of aliphatic hydroxyl groups is 1. The predicted octanol–water partition coefficient (Wildman–Crippen LogP) is 3.00. The molecule has 18 heavy (non-hydrogen) atoms. The van der Waals surface area contributed by atoms with Crippen molar-refractivity contribution in [3.05, 3.63) is 45.7 Å². The molecule has 1 aliphatic rings. The second-order valence-corrected chi connectivity index (χ2v) is 5.84. The molecule has 3 rings (SSSR count). The van der Waals surface area contributed by atoms with E-state index in [-0.39, 0.29) is 5.92 Å². The molecule has 0 aromatic carbocycles. The highest BCUT2D eigenvalue weighted by molar-refractivity contribution is 7.09. The number of pyridine rings is 1. The summed E-state index contributed by atoms with van der Waals surface area (Å²) in [5.41, 5.74) is 3.13. The van der Waals surface area contributed by atoms with Crippen LogP contribution in [0.15, 0.2) is 23.7 Å². The summed E-state index contributed by atoms with van der Waals surface area (Å²) in [6.45, 7) is 1.97. The Morgan fingerprint density at radius 1 is 1.50 bits per heavy atom. The lowest BCUT2D eigenvalue weighted by atomic mass is 9.82. The molecule has 94 valence electrons. The Kier molecular flexibility index (Phi) is 3.14. The molecule has 0 aliphatic heterocycles. The minimum Gasteiger partial charge on any atom is -0.386 e. The van der Waals surface area contributed by atoms with Gasteiger partial charge in [-0.15, -0.1) is 11.3 Å². The highest BCUT2D eigenvalue weighted by Crippen LogP contribution is 2.39. The van der Waals surface area contributed by atoms with Crippen molar-refractivity contribution in [3.63, 3.8) is 0 Å². The number of aryl methyl sites for hydroxylation is 2. The van der Waals surface area contributed by atoms with E-state index in [0.29, 0.717) is 0 Å². The average molecular weight is 260 g/mol. The lowest BCUT2D eigenvalue weighted by Crippen LogP contribution is -2.18. The van der Waals surface area contributed by atoms with Crippen molar-refractivity contribution in [2.24, 2.45) is 0 Å². The molecular weight excluding hydrogens is 244 g/mol. The Bertz CT molecular complexity index is 552. The van der Waals surface area contributed by atoms with Gasteiger partial charge in [-0.3, -0.25) is 4.98 Å². The summed E-state index contributed by atoms with van der Waals surface area (Å²) in [4.78, 5) is 8.87. The van der Waals surface area contributed by atoms with Crippen molar-refractivity contribution in [2.45, 2.75) is 38.2 Å². The van der Waals surface area contributed by atoms with Crippen LogP contribution in [0, 0.1) is 6.92 Å². The van der Waals surface area contributed by atoms with Crippen LogP contribution in [0.5, 0.6) is 0 Å².